The van der Waals surface area contributed by atoms with E-state index in [9.17, 15) is 0 Å². The molecule has 1 saturated heterocycles. The van der Waals surface area contributed by atoms with Gasteiger partial charge in [0.1, 0.15) is 0 Å². The number of piperidine rings is 1. The normalized spacial score (nSPS) is 27.1. The molecule has 0 aromatic heterocycles. The second kappa shape index (κ2) is 6.18. The van der Waals surface area contributed by atoms with Crippen LogP contribution in [-0.2, 0) is 0 Å². The van der Waals surface area contributed by atoms with Crippen LogP contribution < -0.4 is 5.73 Å². The molecule has 2 nitrogen and oxygen atoms in total. The first-order valence-electron chi connectivity index (χ1n) is 6.81. The molecule has 0 aliphatic carbocycles. The van der Waals surface area contributed by atoms with Crippen molar-refractivity contribution in [2.45, 2.75) is 26.3 Å². The zero-order valence-electron chi connectivity index (χ0n) is 11.3. The summed E-state index contributed by atoms with van der Waals surface area (Å²) in [5.74, 6) is 1.41. The molecule has 18 heavy (non-hydrogen) atoms. The van der Waals surface area contributed by atoms with Gasteiger partial charge >= 0.3 is 0 Å². The molecule has 2 rings (SSSR count). The molecular formula is C15H23BrN2. The predicted octanol–water partition coefficient (Wildman–Crippen LogP) is 3.43. The molecule has 1 aromatic carbocycles. The molecule has 1 heterocycles. The maximum Gasteiger partial charge on any atom is 0.0320 e. The smallest absolute Gasteiger partial charge is 0.0320 e. The summed E-state index contributed by atoms with van der Waals surface area (Å²) in [5, 5.41) is 0. The van der Waals surface area contributed by atoms with E-state index < -0.39 is 0 Å². The van der Waals surface area contributed by atoms with Crippen LogP contribution in [-0.4, -0.2) is 24.5 Å². The molecule has 1 aliphatic rings. The zero-order valence-corrected chi connectivity index (χ0v) is 12.9. The van der Waals surface area contributed by atoms with E-state index in [1.165, 1.54) is 18.5 Å². The van der Waals surface area contributed by atoms with Crippen molar-refractivity contribution in [1.29, 1.82) is 0 Å². The zero-order chi connectivity index (χ0) is 13.1. The van der Waals surface area contributed by atoms with E-state index >= 15 is 0 Å². The minimum atomic E-state index is 0.476. The van der Waals surface area contributed by atoms with E-state index in [0.717, 1.165) is 23.5 Å². The third-order valence-corrected chi connectivity index (χ3v) is 4.82. The monoisotopic (exact) mass is 310 g/mol. The summed E-state index contributed by atoms with van der Waals surface area (Å²) < 4.78 is 1.16. The first-order valence-corrected chi connectivity index (χ1v) is 7.60. The van der Waals surface area contributed by atoms with Crippen LogP contribution in [0.4, 0.5) is 0 Å². The number of nitrogens with zero attached hydrogens (tertiary/aromatic N) is 1. The molecule has 0 bridgehead atoms. The van der Waals surface area contributed by atoms with Gasteiger partial charge in [-0.2, -0.15) is 0 Å². The van der Waals surface area contributed by atoms with Gasteiger partial charge in [0.25, 0.3) is 0 Å². The molecule has 3 atom stereocenters. The summed E-state index contributed by atoms with van der Waals surface area (Å²) in [4.78, 5) is 2.57. The highest BCUT2D eigenvalue weighted by Crippen LogP contribution is 2.30. The van der Waals surface area contributed by atoms with Crippen molar-refractivity contribution in [3.05, 3.63) is 34.3 Å². The lowest BCUT2D eigenvalue weighted by molar-refractivity contribution is 0.0978. The Kier molecular flexibility index (Phi) is 4.82. The Morgan fingerprint density at radius 2 is 2.28 bits per heavy atom. The Hall–Kier alpha value is -0.380. The standard InChI is InChI=1S/C15H23BrN2/c1-11-6-7-18(10-14(11)9-17)12(2)13-4-3-5-15(16)8-13/h3-5,8,11-12,14H,6-7,9-10,17H2,1-2H3. The van der Waals surface area contributed by atoms with Crippen LogP contribution >= 0.6 is 15.9 Å². The van der Waals surface area contributed by atoms with Gasteiger partial charge in [0.2, 0.25) is 0 Å². The SMILES string of the molecule is CC1CCN(C(C)c2cccc(Br)c2)CC1CN. The third kappa shape index (κ3) is 3.14. The lowest BCUT2D eigenvalue weighted by Crippen LogP contribution is -2.43. The number of hydrogen-bond acceptors (Lipinski definition) is 2. The van der Waals surface area contributed by atoms with E-state index in [2.05, 4.69) is 58.9 Å². The van der Waals surface area contributed by atoms with Crippen LogP contribution in [0, 0.1) is 11.8 Å². The van der Waals surface area contributed by atoms with Gasteiger partial charge in [-0.3, -0.25) is 4.90 Å². The molecule has 0 amide bonds. The average Bonchev–Trinajstić information content (AvgIpc) is 2.38. The van der Waals surface area contributed by atoms with E-state index in [0.29, 0.717) is 12.0 Å². The fourth-order valence-corrected chi connectivity index (χ4v) is 3.23. The minimum Gasteiger partial charge on any atom is -0.330 e. The van der Waals surface area contributed by atoms with Crippen molar-refractivity contribution < 1.29 is 0 Å². The fourth-order valence-electron chi connectivity index (χ4n) is 2.81. The molecule has 100 valence electrons. The van der Waals surface area contributed by atoms with Gasteiger partial charge in [-0.25, -0.2) is 0 Å². The summed E-state index contributed by atoms with van der Waals surface area (Å²) in [5.41, 5.74) is 7.27. The highest BCUT2D eigenvalue weighted by Gasteiger charge is 2.28. The van der Waals surface area contributed by atoms with Crippen LogP contribution in [0.5, 0.6) is 0 Å². The number of hydrogen-bond donors (Lipinski definition) is 1. The third-order valence-electron chi connectivity index (χ3n) is 4.33. The van der Waals surface area contributed by atoms with Gasteiger partial charge in [-0.15, -0.1) is 0 Å². The highest BCUT2D eigenvalue weighted by atomic mass is 79.9. The summed E-state index contributed by atoms with van der Waals surface area (Å²) in [6.07, 6.45) is 1.26. The van der Waals surface area contributed by atoms with Gasteiger partial charge in [0.15, 0.2) is 0 Å². The number of benzene rings is 1. The lowest BCUT2D eigenvalue weighted by Gasteiger charge is -2.40. The second-order valence-electron chi connectivity index (χ2n) is 5.49. The number of nitrogens with two attached hydrogens (primary N) is 1. The van der Waals surface area contributed by atoms with Gasteiger partial charge in [-0.05, 0) is 56.0 Å². The Morgan fingerprint density at radius 1 is 1.50 bits per heavy atom. The summed E-state index contributed by atoms with van der Waals surface area (Å²) >= 11 is 3.55. The quantitative estimate of drug-likeness (QED) is 0.927. The molecular weight excluding hydrogens is 288 g/mol. The molecule has 3 heteroatoms. The first-order chi connectivity index (χ1) is 8.61. The molecule has 1 aromatic rings. The Morgan fingerprint density at radius 3 is 2.94 bits per heavy atom. The van der Waals surface area contributed by atoms with Gasteiger partial charge in [0.05, 0.1) is 0 Å². The number of halogens is 1. The lowest BCUT2D eigenvalue weighted by atomic mass is 9.86. The van der Waals surface area contributed by atoms with E-state index in [1.54, 1.807) is 0 Å². The fraction of sp³-hybridized carbons (Fsp3) is 0.600. The molecule has 1 fully saturated rings. The maximum atomic E-state index is 5.88. The van der Waals surface area contributed by atoms with Crippen LogP contribution in [0.3, 0.4) is 0 Å². The maximum absolute atomic E-state index is 5.88. The Bertz CT molecular complexity index is 394. The van der Waals surface area contributed by atoms with Crippen LogP contribution in [0.2, 0.25) is 0 Å². The largest absolute Gasteiger partial charge is 0.330 e. The van der Waals surface area contributed by atoms with E-state index in [1.807, 2.05) is 0 Å². The molecule has 3 unspecified atom stereocenters. The van der Waals surface area contributed by atoms with E-state index in [4.69, 9.17) is 5.73 Å². The van der Waals surface area contributed by atoms with E-state index in [-0.39, 0.29) is 0 Å². The molecule has 1 aliphatic heterocycles. The average molecular weight is 311 g/mol. The van der Waals surface area contributed by atoms with Crippen molar-refractivity contribution >= 4 is 15.9 Å². The topological polar surface area (TPSA) is 29.3 Å². The number of likely N-dealkylation sites (tertiary alicyclic amines) is 1. The van der Waals surface area contributed by atoms with Crippen molar-refractivity contribution in [3.63, 3.8) is 0 Å². The molecule has 0 saturated carbocycles. The van der Waals surface area contributed by atoms with Gasteiger partial charge < -0.3 is 5.73 Å². The van der Waals surface area contributed by atoms with Crippen LogP contribution in [0.15, 0.2) is 28.7 Å². The van der Waals surface area contributed by atoms with Crippen LogP contribution in [0.1, 0.15) is 31.9 Å². The van der Waals surface area contributed by atoms with Crippen molar-refractivity contribution in [2.75, 3.05) is 19.6 Å². The second-order valence-corrected chi connectivity index (χ2v) is 6.40. The van der Waals surface area contributed by atoms with Crippen molar-refractivity contribution in [2.24, 2.45) is 17.6 Å². The minimum absolute atomic E-state index is 0.476. The highest BCUT2D eigenvalue weighted by molar-refractivity contribution is 9.10. The summed E-state index contributed by atoms with van der Waals surface area (Å²) in [6.45, 7) is 7.75. The first kappa shape index (κ1) is 14.0. The molecule has 2 N–H and O–H groups in total. The van der Waals surface area contributed by atoms with Crippen molar-refractivity contribution in [3.8, 4) is 0 Å². The van der Waals surface area contributed by atoms with Gasteiger partial charge in [0, 0.05) is 17.1 Å². The summed E-state index contributed by atoms with van der Waals surface area (Å²) in [7, 11) is 0. The Labute approximate surface area is 119 Å². The number of rotatable bonds is 3. The predicted molar refractivity (Wildman–Crippen MR) is 80.5 cm³/mol. The Balaban J connectivity index is 2.07. The van der Waals surface area contributed by atoms with Gasteiger partial charge in [-0.1, -0.05) is 35.0 Å². The summed E-state index contributed by atoms with van der Waals surface area (Å²) in [6, 6.07) is 9.11. The van der Waals surface area contributed by atoms with Crippen LogP contribution in [0.25, 0.3) is 0 Å². The van der Waals surface area contributed by atoms with Crippen molar-refractivity contribution in [1.82, 2.24) is 4.90 Å². The molecule has 0 spiro atoms. The molecule has 0 radical (unpaired) electrons.